The summed E-state index contributed by atoms with van der Waals surface area (Å²) in [6.45, 7) is 0. The van der Waals surface area contributed by atoms with Crippen molar-refractivity contribution >= 4 is 59.5 Å². The molecule has 2 aromatic carbocycles. The lowest BCUT2D eigenvalue weighted by atomic mass is 10.2. The largest absolute Gasteiger partial charge is 0.311 e. The van der Waals surface area contributed by atoms with Gasteiger partial charge in [-0.15, -0.1) is 11.3 Å². The first-order valence-corrected chi connectivity index (χ1v) is 8.66. The van der Waals surface area contributed by atoms with Crippen molar-refractivity contribution in [3.05, 3.63) is 54.7 Å². The van der Waals surface area contributed by atoms with Crippen molar-refractivity contribution in [2.24, 2.45) is 7.05 Å². The van der Waals surface area contributed by atoms with Gasteiger partial charge in [0, 0.05) is 24.0 Å². The molecule has 0 saturated heterocycles. The first-order valence-electron chi connectivity index (χ1n) is 7.85. The van der Waals surface area contributed by atoms with Gasteiger partial charge in [0.05, 0.1) is 26.8 Å². The highest BCUT2D eigenvalue weighted by molar-refractivity contribution is 7.26. The number of nitrogens with zero attached hydrogens (tertiary/aromatic N) is 4. The van der Waals surface area contributed by atoms with Crippen LogP contribution in [0.4, 0.5) is 0 Å². The van der Waals surface area contributed by atoms with Gasteiger partial charge in [0.25, 0.3) is 0 Å². The molecule has 0 N–H and O–H groups in total. The topological polar surface area (TPSA) is 35.1 Å². The van der Waals surface area contributed by atoms with Crippen LogP contribution in [0.25, 0.3) is 48.1 Å². The minimum absolute atomic E-state index is 0.976. The molecular weight excluding hydrogens is 316 g/mol. The number of pyridine rings is 1. The summed E-state index contributed by atoms with van der Waals surface area (Å²) >= 11 is 1.76. The van der Waals surface area contributed by atoms with E-state index in [9.17, 15) is 0 Å². The highest BCUT2D eigenvalue weighted by atomic mass is 32.1. The number of benzene rings is 2. The molecule has 0 saturated carbocycles. The molecule has 6 aromatic rings. The molecule has 0 aliphatic rings. The lowest BCUT2D eigenvalue weighted by Crippen LogP contribution is -1.88. The van der Waals surface area contributed by atoms with Crippen molar-refractivity contribution in [1.82, 2.24) is 18.9 Å². The summed E-state index contributed by atoms with van der Waals surface area (Å²) < 4.78 is 5.73. The quantitative estimate of drug-likeness (QED) is 0.403. The first-order chi connectivity index (χ1) is 11.8. The molecule has 4 nitrogen and oxygen atoms in total. The van der Waals surface area contributed by atoms with Gasteiger partial charge >= 0.3 is 0 Å². The summed E-state index contributed by atoms with van der Waals surface area (Å²) in [7, 11) is 2.10. The molecule has 0 atom stereocenters. The third-order valence-corrected chi connectivity index (χ3v) is 5.93. The Kier molecular flexibility index (Phi) is 2.15. The van der Waals surface area contributed by atoms with E-state index in [0.717, 1.165) is 21.6 Å². The van der Waals surface area contributed by atoms with Gasteiger partial charge in [0.2, 0.25) is 5.78 Å². The number of hydrogen-bond donors (Lipinski definition) is 0. The number of thiophene rings is 1. The molecule has 0 amide bonds. The van der Waals surface area contributed by atoms with Crippen molar-refractivity contribution in [2.75, 3.05) is 0 Å². The summed E-state index contributed by atoms with van der Waals surface area (Å²) in [6, 6.07) is 16.9. The summed E-state index contributed by atoms with van der Waals surface area (Å²) in [4.78, 5) is 10.4. The van der Waals surface area contributed by atoms with Gasteiger partial charge in [-0.25, -0.2) is 9.97 Å². The van der Waals surface area contributed by atoms with Crippen LogP contribution in [-0.4, -0.2) is 18.9 Å². The van der Waals surface area contributed by atoms with E-state index < -0.39 is 0 Å². The van der Waals surface area contributed by atoms with Crippen molar-refractivity contribution in [1.29, 1.82) is 0 Å². The van der Waals surface area contributed by atoms with Gasteiger partial charge in [-0.05, 0) is 30.3 Å². The second-order valence-electron chi connectivity index (χ2n) is 6.06. The van der Waals surface area contributed by atoms with E-state index in [4.69, 9.17) is 4.98 Å². The van der Waals surface area contributed by atoms with Gasteiger partial charge in [0.1, 0.15) is 4.83 Å². The summed E-state index contributed by atoms with van der Waals surface area (Å²) in [5, 5.41) is 2.49. The molecule has 0 aliphatic heterocycles. The second kappa shape index (κ2) is 4.13. The maximum Gasteiger partial charge on any atom is 0.215 e. The van der Waals surface area contributed by atoms with Crippen LogP contribution in [-0.2, 0) is 7.05 Å². The SMILES string of the molecule is Cn1c2c3sc4ncccc4c3ccc2n2c3ccccc3nc12. The van der Waals surface area contributed by atoms with Gasteiger partial charge in [-0.1, -0.05) is 18.2 Å². The molecule has 0 aliphatic carbocycles. The molecule has 0 radical (unpaired) electrons. The summed E-state index contributed by atoms with van der Waals surface area (Å²) in [6.07, 6.45) is 1.86. The molecule has 4 aromatic heterocycles. The Morgan fingerprint density at radius 2 is 1.83 bits per heavy atom. The number of aryl methyl sites for hydroxylation is 1. The van der Waals surface area contributed by atoms with E-state index in [2.05, 4.69) is 57.4 Å². The van der Waals surface area contributed by atoms with Crippen LogP contribution in [0.3, 0.4) is 0 Å². The molecule has 0 fully saturated rings. The second-order valence-corrected chi connectivity index (χ2v) is 7.06. The fourth-order valence-corrected chi connectivity index (χ4v) is 4.95. The minimum atomic E-state index is 0.976. The van der Waals surface area contributed by atoms with E-state index in [1.165, 1.54) is 26.5 Å². The van der Waals surface area contributed by atoms with E-state index in [0.29, 0.717) is 0 Å². The Morgan fingerprint density at radius 3 is 2.79 bits per heavy atom. The highest BCUT2D eigenvalue weighted by Crippen LogP contribution is 2.38. The van der Waals surface area contributed by atoms with Crippen LogP contribution in [0.15, 0.2) is 54.7 Å². The predicted octanol–water partition coefficient (Wildman–Crippen LogP) is 4.74. The number of fused-ring (bicyclic) bond motifs is 9. The van der Waals surface area contributed by atoms with Crippen molar-refractivity contribution in [3.8, 4) is 0 Å². The zero-order valence-corrected chi connectivity index (χ0v) is 13.7. The van der Waals surface area contributed by atoms with Crippen LogP contribution in [0.1, 0.15) is 0 Å². The molecule has 114 valence electrons. The molecule has 4 heterocycles. The standard InChI is InChI=1S/C19H12N4S/c1-22-16-15(23-14-7-3-2-6-13(14)21-19(22)23)9-8-11-12-5-4-10-20-18(12)24-17(11)16/h2-10H,1H3. The van der Waals surface area contributed by atoms with Crippen molar-refractivity contribution in [3.63, 3.8) is 0 Å². The van der Waals surface area contributed by atoms with Gasteiger partial charge in [-0.3, -0.25) is 4.40 Å². The van der Waals surface area contributed by atoms with Crippen LogP contribution < -0.4 is 0 Å². The van der Waals surface area contributed by atoms with E-state index >= 15 is 0 Å². The predicted molar refractivity (Wildman–Crippen MR) is 99.9 cm³/mol. The van der Waals surface area contributed by atoms with Gasteiger partial charge < -0.3 is 4.57 Å². The fraction of sp³-hybridized carbons (Fsp3) is 0.0526. The molecule has 0 bridgehead atoms. The minimum Gasteiger partial charge on any atom is -0.311 e. The zero-order chi connectivity index (χ0) is 15.8. The van der Waals surface area contributed by atoms with Crippen molar-refractivity contribution < 1.29 is 0 Å². The zero-order valence-electron chi connectivity index (χ0n) is 12.9. The number of hydrogen-bond acceptors (Lipinski definition) is 3. The summed E-state index contributed by atoms with van der Waals surface area (Å²) in [5.74, 6) is 0.976. The van der Waals surface area contributed by atoms with E-state index in [1.54, 1.807) is 11.3 Å². The Hall–Kier alpha value is -2.92. The molecule has 5 heteroatoms. The van der Waals surface area contributed by atoms with Crippen LogP contribution in [0, 0.1) is 0 Å². The van der Waals surface area contributed by atoms with E-state index in [1.807, 2.05) is 18.3 Å². The summed E-state index contributed by atoms with van der Waals surface area (Å²) in [5.41, 5.74) is 4.60. The number of para-hydroxylation sites is 2. The fourth-order valence-electron chi connectivity index (χ4n) is 3.73. The van der Waals surface area contributed by atoms with Gasteiger partial charge in [-0.2, -0.15) is 0 Å². The lowest BCUT2D eigenvalue weighted by Gasteiger charge is -1.98. The molecule has 0 spiro atoms. The third-order valence-electron chi connectivity index (χ3n) is 4.79. The lowest BCUT2D eigenvalue weighted by molar-refractivity contribution is 0.977. The van der Waals surface area contributed by atoms with Crippen LogP contribution >= 0.6 is 11.3 Å². The molecule has 0 unspecified atom stereocenters. The van der Waals surface area contributed by atoms with E-state index in [-0.39, 0.29) is 0 Å². The monoisotopic (exact) mass is 328 g/mol. The average molecular weight is 328 g/mol. The normalized spacial score (nSPS) is 12.4. The van der Waals surface area contributed by atoms with Gasteiger partial charge in [0.15, 0.2) is 0 Å². The number of rotatable bonds is 0. The Balaban J connectivity index is 1.93. The Bertz CT molecular complexity index is 1420. The highest BCUT2D eigenvalue weighted by Gasteiger charge is 2.17. The third kappa shape index (κ3) is 1.35. The Labute approximate surface area is 140 Å². The van der Waals surface area contributed by atoms with Crippen LogP contribution in [0.2, 0.25) is 0 Å². The maximum atomic E-state index is 4.83. The first kappa shape index (κ1) is 12.5. The van der Waals surface area contributed by atoms with Crippen LogP contribution in [0.5, 0.6) is 0 Å². The molecule has 24 heavy (non-hydrogen) atoms. The smallest absolute Gasteiger partial charge is 0.215 e. The Morgan fingerprint density at radius 1 is 0.917 bits per heavy atom. The van der Waals surface area contributed by atoms with Crippen molar-refractivity contribution in [2.45, 2.75) is 0 Å². The number of aromatic nitrogens is 4. The maximum absolute atomic E-state index is 4.83. The molecule has 6 rings (SSSR count). The average Bonchev–Trinajstić information content (AvgIpc) is 3.25. The molecular formula is C19H12N4S. The number of imidazole rings is 2.